The quantitative estimate of drug-likeness (QED) is 0.614. The summed E-state index contributed by atoms with van der Waals surface area (Å²) in [6.45, 7) is 3.30. The lowest BCUT2D eigenvalue weighted by Crippen LogP contribution is -2.17. The van der Waals surface area contributed by atoms with Gasteiger partial charge in [-0.05, 0) is 19.3 Å². The monoisotopic (exact) mass is 170 g/mol. The number of hydrogen-bond acceptors (Lipinski definition) is 2. The van der Waals surface area contributed by atoms with Crippen LogP contribution in [-0.4, -0.2) is 22.2 Å². The predicted molar refractivity (Wildman–Crippen MR) is 40.7 cm³/mol. The van der Waals surface area contributed by atoms with Gasteiger partial charge in [0.1, 0.15) is 0 Å². The summed E-state index contributed by atoms with van der Waals surface area (Å²) in [7, 11) is 0. The number of carbonyl (C=O) groups is 2. The first-order valence-electron chi connectivity index (χ1n) is 3.62. The summed E-state index contributed by atoms with van der Waals surface area (Å²) in [5, 5.41) is 17.2. The molecule has 0 unspecified atom stereocenters. The molecule has 0 aromatic heterocycles. The van der Waals surface area contributed by atoms with Gasteiger partial charge in [-0.1, -0.05) is 6.58 Å². The lowest BCUT2D eigenvalue weighted by Gasteiger charge is -2.07. The summed E-state index contributed by atoms with van der Waals surface area (Å²) in [5.74, 6) is -2.02. The van der Waals surface area contributed by atoms with E-state index in [0.717, 1.165) is 0 Å². The minimum Gasteiger partial charge on any atom is -0.481 e. The molecule has 0 aromatic carbocycles. The van der Waals surface area contributed by atoms with Gasteiger partial charge in [-0.2, -0.15) is 0 Å². The molecule has 4 nitrogen and oxygen atoms in total. The van der Waals surface area contributed by atoms with Gasteiger partial charge in [0.2, 0.25) is 0 Å². The third-order valence-corrected chi connectivity index (χ3v) is 2.16. The fourth-order valence-corrected chi connectivity index (χ4v) is 1.10. The van der Waals surface area contributed by atoms with E-state index in [4.69, 9.17) is 10.2 Å². The van der Waals surface area contributed by atoms with Crippen LogP contribution in [0, 0.1) is 5.41 Å². The van der Waals surface area contributed by atoms with Crippen molar-refractivity contribution in [3.63, 3.8) is 0 Å². The van der Waals surface area contributed by atoms with Gasteiger partial charge in [-0.25, -0.2) is 4.79 Å². The second kappa shape index (κ2) is 2.62. The Morgan fingerprint density at radius 2 is 1.83 bits per heavy atom. The molecule has 0 heterocycles. The van der Waals surface area contributed by atoms with Crippen molar-refractivity contribution in [1.29, 1.82) is 0 Å². The zero-order valence-corrected chi connectivity index (χ0v) is 6.54. The molecule has 0 amide bonds. The number of carboxylic acid groups (broad SMARTS) is 2. The molecule has 1 saturated carbocycles. The second-order valence-electron chi connectivity index (χ2n) is 3.17. The van der Waals surface area contributed by atoms with Gasteiger partial charge in [0.05, 0.1) is 5.41 Å². The van der Waals surface area contributed by atoms with Gasteiger partial charge in [0.15, 0.2) is 0 Å². The Hall–Kier alpha value is -1.32. The highest BCUT2D eigenvalue weighted by Crippen LogP contribution is 2.50. The zero-order valence-electron chi connectivity index (χ0n) is 6.54. The Labute approximate surface area is 69.5 Å². The molecule has 1 aliphatic rings. The Kier molecular flexibility index (Phi) is 1.92. The highest BCUT2D eigenvalue weighted by molar-refractivity contribution is 5.88. The molecule has 4 heteroatoms. The van der Waals surface area contributed by atoms with Gasteiger partial charge >= 0.3 is 11.9 Å². The fourth-order valence-electron chi connectivity index (χ4n) is 1.10. The smallest absolute Gasteiger partial charge is 0.330 e. The fraction of sp³-hybridized carbons (Fsp3) is 0.500. The van der Waals surface area contributed by atoms with E-state index < -0.39 is 17.4 Å². The molecule has 0 aromatic rings. The van der Waals surface area contributed by atoms with Crippen LogP contribution in [0.25, 0.3) is 0 Å². The third kappa shape index (κ3) is 1.47. The zero-order chi connectivity index (χ0) is 9.35. The maximum atomic E-state index is 10.6. The molecule has 1 fully saturated rings. The topological polar surface area (TPSA) is 74.6 Å². The Morgan fingerprint density at radius 3 is 2.08 bits per heavy atom. The van der Waals surface area contributed by atoms with Crippen molar-refractivity contribution in [2.24, 2.45) is 5.41 Å². The van der Waals surface area contributed by atoms with Crippen LogP contribution in [0.3, 0.4) is 0 Å². The second-order valence-corrected chi connectivity index (χ2v) is 3.17. The summed E-state index contributed by atoms with van der Waals surface area (Å²) in [6.07, 6.45) is 1.20. The summed E-state index contributed by atoms with van der Waals surface area (Å²) < 4.78 is 0. The van der Waals surface area contributed by atoms with Crippen molar-refractivity contribution >= 4 is 11.9 Å². The van der Waals surface area contributed by atoms with E-state index in [-0.39, 0.29) is 12.0 Å². The summed E-state index contributed by atoms with van der Waals surface area (Å²) in [6, 6.07) is 0. The lowest BCUT2D eigenvalue weighted by atomic mass is 9.98. The maximum Gasteiger partial charge on any atom is 0.330 e. The van der Waals surface area contributed by atoms with Crippen LogP contribution < -0.4 is 0 Å². The van der Waals surface area contributed by atoms with Crippen LogP contribution in [0.2, 0.25) is 0 Å². The highest BCUT2D eigenvalue weighted by Gasteiger charge is 2.50. The SMILES string of the molecule is C=C(CC1(C(=O)O)CC1)C(=O)O. The van der Waals surface area contributed by atoms with Crippen molar-refractivity contribution in [1.82, 2.24) is 0 Å². The van der Waals surface area contributed by atoms with Crippen LogP contribution in [0.15, 0.2) is 12.2 Å². The summed E-state index contributed by atoms with van der Waals surface area (Å²) in [5.41, 5.74) is -0.829. The van der Waals surface area contributed by atoms with Crippen LogP contribution in [-0.2, 0) is 9.59 Å². The average molecular weight is 170 g/mol. The van der Waals surface area contributed by atoms with Crippen molar-refractivity contribution in [3.8, 4) is 0 Å². The lowest BCUT2D eigenvalue weighted by molar-refractivity contribution is -0.143. The highest BCUT2D eigenvalue weighted by atomic mass is 16.4. The molecule has 12 heavy (non-hydrogen) atoms. The van der Waals surface area contributed by atoms with E-state index in [1.165, 1.54) is 0 Å². The first-order valence-corrected chi connectivity index (χ1v) is 3.62. The number of carboxylic acids is 2. The molecule has 2 N–H and O–H groups in total. The molecule has 1 aliphatic carbocycles. The van der Waals surface area contributed by atoms with Crippen LogP contribution >= 0.6 is 0 Å². The summed E-state index contributed by atoms with van der Waals surface area (Å²) in [4.78, 5) is 20.9. The molecule has 0 radical (unpaired) electrons. The van der Waals surface area contributed by atoms with E-state index in [2.05, 4.69) is 6.58 Å². The first kappa shape index (κ1) is 8.77. The Morgan fingerprint density at radius 1 is 1.33 bits per heavy atom. The molecule has 0 spiro atoms. The summed E-state index contributed by atoms with van der Waals surface area (Å²) >= 11 is 0. The van der Waals surface area contributed by atoms with Gasteiger partial charge in [-0.3, -0.25) is 4.79 Å². The van der Waals surface area contributed by atoms with Crippen molar-refractivity contribution in [3.05, 3.63) is 12.2 Å². The standard InChI is InChI=1S/C8H10O4/c1-5(6(9)10)4-8(2-3-8)7(11)12/h1-4H2,(H,9,10)(H,11,12). The number of hydrogen-bond donors (Lipinski definition) is 2. The third-order valence-electron chi connectivity index (χ3n) is 2.16. The molecule has 66 valence electrons. The van der Waals surface area contributed by atoms with Crippen LogP contribution in [0.1, 0.15) is 19.3 Å². The molecular formula is C8H10O4. The number of rotatable bonds is 4. The van der Waals surface area contributed by atoms with Crippen molar-refractivity contribution in [2.45, 2.75) is 19.3 Å². The van der Waals surface area contributed by atoms with E-state index in [1.807, 2.05) is 0 Å². The predicted octanol–water partition coefficient (Wildman–Crippen LogP) is 0.882. The van der Waals surface area contributed by atoms with Gasteiger partial charge in [0.25, 0.3) is 0 Å². The minimum absolute atomic E-state index is 0.0186. The molecule has 0 atom stereocenters. The molecule has 0 saturated heterocycles. The normalized spacial score (nSPS) is 18.3. The average Bonchev–Trinajstić information content (AvgIpc) is 2.68. The van der Waals surface area contributed by atoms with E-state index in [9.17, 15) is 9.59 Å². The number of aliphatic carboxylic acids is 2. The van der Waals surface area contributed by atoms with E-state index >= 15 is 0 Å². The Bertz CT molecular complexity index is 250. The molecule has 0 bridgehead atoms. The van der Waals surface area contributed by atoms with Crippen molar-refractivity contribution in [2.75, 3.05) is 0 Å². The largest absolute Gasteiger partial charge is 0.481 e. The van der Waals surface area contributed by atoms with Crippen LogP contribution in [0.4, 0.5) is 0 Å². The van der Waals surface area contributed by atoms with Crippen molar-refractivity contribution < 1.29 is 19.8 Å². The van der Waals surface area contributed by atoms with E-state index in [0.29, 0.717) is 12.8 Å². The minimum atomic E-state index is -1.11. The molecule has 1 rings (SSSR count). The molecular weight excluding hydrogens is 160 g/mol. The van der Waals surface area contributed by atoms with E-state index in [1.54, 1.807) is 0 Å². The van der Waals surface area contributed by atoms with Gasteiger partial charge in [-0.15, -0.1) is 0 Å². The van der Waals surface area contributed by atoms with Gasteiger partial charge < -0.3 is 10.2 Å². The van der Waals surface area contributed by atoms with Crippen LogP contribution in [0.5, 0.6) is 0 Å². The van der Waals surface area contributed by atoms with Gasteiger partial charge in [0, 0.05) is 5.57 Å². The first-order chi connectivity index (χ1) is 5.48. The molecule has 0 aliphatic heterocycles. The maximum absolute atomic E-state index is 10.6. The Balaban J connectivity index is 2.57.